The van der Waals surface area contributed by atoms with Gasteiger partial charge in [-0.25, -0.2) is 4.98 Å². The number of thiophene rings is 1. The zero-order chi connectivity index (χ0) is 22.6. The van der Waals surface area contributed by atoms with Gasteiger partial charge in [-0.05, 0) is 45.4 Å². The van der Waals surface area contributed by atoms with Crippen molar-refractivity contribution in [2.45, 2.75) is 51.7 Å². The van der Waals surface area contributed by atoms with Gasteiger partial charge in [0.2, 0.25) is 5.78 Å². The second kappa shape index (κ2) is 7.86. The van der Waals surface area contributed by atoms with Crippen LogP contribution in [0.15, 0.2) is 39.0 Å². The third-order valence-electron chi connectivity index (χ3n) is 5.79. The highest BCUT2D eigenvalue weighted by molar-refractivity contribution is 7.98. The Hall–Kier alpha value is -2.98. The van der Waals surface area contributed by atoms with Crippen LogP contribution in [0.25, 0.3) is 26.9 Å². The Kier molecular flexibility index (Phi) is 5.13. The lowest BCUT2D eigenvalue weighted by molar-refractivity contribution is 0.635. The van der Waals surface area contributed by atoms with Gasteiger partial charge in [0.1, 0.15) is 10.7 Å². The Balaban J connectivity index is 1.64. The average molecular weight is 467 g/mol. The summed E-state index contributed by atoms with van der Waals surface area (Å²) in [4.78, 5) is 32.7. The number of benzene rings is 1. The second-order valence-corrected chi connectivity index (χ2v) is 9.66. The lowest BCUT2D eigenvalue weighted by atomic mass is 10.2. The summed E-state index contributed by atoms with van der Waals surface area (Å²) >= 11 is 3.01. The molecule has 32 heavy (non-hydrogen) atoms. The number of fused-ring (bicyclic) bond motifs is 4. The molecule has 4 aromatic heterocycles. The summed E-state index contributed by atoms with van der Waals surface area (Å²) in [5, 5.41) is 10.7. The molecule has 1 aromatic carbocycles. The van der Waals surface area contributed by atoms with Crippen LogP contribution in [-0.2, 0) is 18.8 Å². The molecule has 4 heterocycles. The van der Waals surface area contributed by atoms with Crippen molar-refractivity contribution < 1.29 is 0 Å². The molecule has 0 bridgehead atoms. The van der Waals surface area contributed by atoms with Gasteiger partial charge in [-0.2, -0.15) is 0 Å². The van der Waals surface area contributed by atoms with E-state index in [1.54, 1.807) is 20.5 Å². The van der Waals surface area contributed by atoms with Gasteiger partial charge in [0.05, 0.1) is 22.0 Å². The van der Waals surface area contributed by atoms with E-state index < -0.39 is 0 Å². The van der Waals surface area contributed by atoms with E-state index in [1.165, 1.54) is 11.8 Å². The lowest BCUT2D eigenvalue weighted by Crippen LogP contribution is -2.23. The van der Waals surface area contributed by atoms with Gasteiger partial charge in [0.25, 0.3) is 11.1 Å². The van der Waals surface area contributed by atoms with Gasteiger partial charge in [-0.15, -0.1) is 21.5 Å². The highest BCUT2D eigenvalue weighted by Gasteiger charge is 2.19. The summed E-state index contributed by atoms with van der Waals surface area (Å²) in [6.45, 7) is 8.91. The summed E-state index contributed by atoms with van der Waals surface area (Å²) in [5.41, 5.74) is 1.71. The Bertz CT molecular complexity index is 1630. The maximum Gasteiger partial charge on any atom is 0.263 e. The summed E-state index contributed by atoms with van der Waals surface area (Å²) in [6, 6.07) is 7.50. The monoisotopic (exact) mass is 466 g/mol. The summed E-state index contributed by atoms with van der Waals surface area (Å²) in [7, 11) is 0. The summed E-state index contributed by atoms with van der Waals surface area (Å²) in [5.74, 6) is 1.69. The topological polar surface area (TPSA) is 87.1 Å². The highest BCUT2D eigenvalue weighted by Crippen LogP contribution is 2.29. The van der Waals surface area contributed by atoms with Gasteiger partial charge >= 0.3 is 0 Å². The molecule has 5 aromatic rings. The van der Waals surface area contributed by atoms with Crippen molar-refractivity contribution in [1.82, 2.24) is 28.7 Å². The van der Waals surface area contributed by atoms with Crippen molar-refractivity contribution in [3.05, 3.63) is 61.2 Å². The zero-order valence-corrected chi connectivity index (χ0v) is 19.9. The van der Waals surface area contributed by atoms with E-state index in [-0.39, 0.29) is 11.1 Å². The van der Waals surface area contributed by atoms with Crippen molar-refractivity contribution in [1.29, 1.82) is 0 Å². The first-order valence-corrected chi connectivity index (χ1v) is 12.2. The predicted molar refractivity (Wildman–Crippen MR) is 129 cm³/mol. The SMILES string of the molecule is CCn1c(SCc2nnc3n(CC)c(=O)c4ccccc4n23)nc2sc(C)c(C)c2c1=O. The van der Waals surface area contributed by atoms with Gasteiger partial charge in [-0.1, -0.05) is 23.9 Å². The van der Waals surface area contributed by atoms with Crippen LogP contribution in [-0.4, -0.2) is 28.7 Å². The Morgan fingerprint density at radius 1 is 1.00 bits per heavy atom. The molecule has 0 atom stereocenters. The van der Waals surface area contributed by atoms with Crippen LogP contribution >= 0.6 is 23.1 Å². The molecule has 0 aliphatic carbocycles. The van der Waals surface area contributed by atoms with Crippen LogP contribution in [0.5, 0.6) is 0 Å². The van der Waals surface area contributed by atoms with Crippen LogP contribution < -0.4 is 11.1 Å². The number of hydrogen-bond acceptors (Lipinski definition) is 7. The fourth-order valence-corrected chi connectivity index (χ4v) is 6.07. The van der Waals surface area contributed by atoms with E-state index in [4.69, 9.17) is 4.98 Å². The van der Waals surface area contributed by atoms with Crippen LogP contribution in [0, 0.1) is 13.8 Å². The Morgan fingerprint density at radius 3 is 2.50 bits per heavy atom. The van der Waals surface area contributed by atoms with Crippen molar-refractivity contribution in [3.63, 3.8) is 0 Å². The largest absolute Gasteiger partial charge is 0.287 e. The first kappa shape index (κ1) is 20.9. The number of nitrogens with zero attached hydrogens (tertiary/aromatic N) is 6. The molecule has 0 fully saturated rings. The van der Waals surface area contributed by atoms with Crippen molar-refractivity contribution >= 4 is 50.0 Å². The molecule has 0 N–H and O–H groups in total. The lowest BCUT2D eigenvalue weighted by Gasteiger charge is -2.11. The molecule has 0 aliphatic rings. The van der Waals surface area contributed by atoms with E-state index in [0.717, 1.165) is 20.8 Å². The number of aromatic nitrogens is 6. The molecule has 0 saturated carbocycles. The van der Waals surface area contributed by atoms with E-state index in [2.05, 4.69) is 10.2 Å². The molecule has 0 spiro atoms. The molecule has 0 radical (unpaired) electrons. The number of para-hydroxylation sites is 1. The molecule has 10 heteroatoms. The molecule has 5 rings (SSSR count). The molecule has 8 nitrogen and oxygen atoms in total. The second-order valence-electron chi connectivity index (χ2n) is 7.51. The first-order valence-electron chi connectivity index (χ1n) is 10.4. The first-order chi connectivity index (χ1) is 15.5. The van der Waals surface area contributed by atoms with Gasteiger partial charge < -0.3 is 0 Å². The third-order valence-corrected chi connectivity index (χ3v) is 7.87. The number of aryl methyl sites for hydroxylation is 3. The minimum Gasteiger partial charge on any atom is -0.287 e. The van der Waals surface area contributed by atoms with Crippen molar-refractivity contribution in [2.75, 3.05) is 0 Å². The summed E-state index contributed by atoms with van der Waals surface area (Å²) < 4.78 is 5.28. The molecule has 164 valence electrons. The van der Waals surface area contributed by atoms with Crippen LogP contribution in [0.2, 0.25) is 0 Å². The fraction of sp³-hybridized carbons (Fsp3) is 0.318. The van der Waals surface area contributed by atoms with Crippen LogP contribution in [0.4, 0.5) is 0 Å². The smallest absolute Gasteiger partial charge is 0.263 e. The van der Waals surface area contributed by atoms with E-state index in [0.29, 0.717) is 46.4 Å². The maximum absolute atomic E-state index is 13.1. The van der Waals surface area contributed by atoms with E-state index >= 15 is 0 Å². The quantitative estimate of drug-likeness (QED) is 0.290. The maximum atomic E-state index is 13.1. The normalized spacial score (nSPS) is 11.9. The fourth-order valence-electron chi connectivity index (χ4n) is 4.02. The molecular weight excluding hydrogens is 444 g/mol. The number of hydrogen-bond donors (Lipinski definition) is 0. The van der Waals surface area contributed by atoms with Gasteiger partial charge in [-0.3, -0.25) is 23.1 Å². The van der Waals surface area contributed by atoms with Gasteiger partial charge in [0.15, 0.2) is 5.16 Å². The Labute approximate surface area is 191 Å². The standard InChI is InChI=1S/C22H22N6O2S2/c1-5-26-19(29)14-9-7-8-10-15(14)28-16(24-25-21(26)28)11-31-22-23-18-17(12(3)13(4)32-18)20(30)27(22)6-2/h7-10H,5-6,11H2,1-4H3. The molecular formula is C22H22N6O2S2. The minimum atomic E-state index is -0.0717. The average Bonchev–Trinajstić information content (AvgIpc) is 3.33. The molecule has 0 unspecified atom stereocenters. The van der Waals surface area contributed by atoms with Crippen LogP contribution in [0.3, 0.4) is 0 Å². The van der Waals surface area contributed by atoms with E-state index in [9.17, 15) is 9.59 Å². The van der Waals surface area contributed by atoms with Crippen molar-refractivity contribution in [3.8, 4) is 0 Å². The van der Waals surface area contributed by atoms with Crippen molar-refractivity contribution in [2.24, 2.45) is 0 Å². The molecule has 0 aliphatic heterocycles. The predicted octanol–water partition coefficient (Wildman–Crippen LogP) is 3.76. The van der Waals surface area contributed by atoms with Gasteiger partial charge in [0, 0.05) is 18.0 Å². The molecule has 0 saturated heterocycles. The minimum absolute atomic E-state index is 0.00165. The highest BCUT2D eigenvalue weighted by atomic mass is 32.2. The number of rotatable bonds is 5. The molecule has 0 amide bonds. The third kappa shape index (κ3) is 3.01. The summed E-state index contributed by atoms with van der Waals surface area (Å²) in [6.07, 6.45) is 0. The van der Waals surface area contributed by atoms with E-state index in [1.807, 2.05) is 56.4 Å². The van der Waals surface area contributed by atoms with Crippen LogP contribution in [0.1, 0.15) is 30.1 Å². The zero-order valence-electron chi connectivity index (χ0n) is 18.2. The Morgan fingerprint density at radius 2 is 1.75 bits per heavy atom. The number of thioether (sulfide) groups is 1.